The second-order valence-corrected chi connectivity index (χ2v) is 5.20. The summed E-state index contributed by atoms with van der Waals surface area (Å²) in [4.78, 5) is 11.9. The van der Waals surface area contributed by atoms with Crippen molar-refractivity contribution in [3.05, 3.63) is 0 Å². The summed E-state index contributed by atoms with van der Waals surface area (Å²) < 4.78 is 4.93. The number of amides is 1. The molecule has 0 bridgehead atoms. The Bertz CT molecular complexity index is 229. The first-order valence-corrected chi connectivity index (χ1v) is 6.95. The number of rotatable bonds is 10. The van der Waals surface area contributed by atoms with Gasteiger partial charge in [-0.25, -0.2) is 0 Å². The van der Waals surface area contributed by atoms with E-state index in [4.69, 9.17) is 4.74 Å². The van der Waals surface area contributed by atoms with Crippen LogP contribution in [-0.2, 0) is 9.53 Å². The van der Waals surface area contributed by atoms with Gasteiger partial charge in [-0.2, -0.15) is 0 Å². The zero-order valence-corrected chi connectivity index (χ0v) is 12.3. The minimum absolute atomic E-state index is 0.0589. The third-order valence-corrected chi connectivity index (χ3v) is 3.26. The average Bonchev–Trinajstić information content (AvgIpc) is 2.35. The zero-order valence-electron chi connectivity index (χ0n) is 12.3. The van der Waals surface area contributed by atoms with Crippen LogP contribution in [0.3, 0.4) is 0 Å². The van der Waals surface area contributed by atoms with Gasteiger partial charge in [0.25, 0.3) is 0 Å². The van der Waals surface area contributed by atoms with Crippen LogP contribution in [0.4, 0.5) is 0 Å². The standard InChI is InChI=1S/C14H29NO3/c1-5-7-8-12(6-2)13(16)15-11-14(3,17)9-10-18-4/h12,17H,5-11H2,1-4H3,(H,15,16). The van der Waals surface area contributed by atoms with Crippen molar-refractivity contribution in [1.82, 2.24) is 5.32 Å². The van der Waals surface area contributed by atoms with Gasteiger partial charge in [-0.3, -0.25) is 4.79 Å². The number of aliphatic hydroxyl groups is 1. The molecule has 0 aromatic rings. The Morgan fingerprint density at radius 2 is 2.11 bits per heavy atom. The smallest absolute Gasteiger partial charge is 0.223 e. The molecule has 0 heterocycles. The monoisotopic (exact) mass is 259 g/mol. The quantitative estimate of drug-likeness (QED) is 0.631. The van der Waals surface area contributed by atoms with E-state index in [0.29, 0.717) is 13.0 Å². The molecule has 0 fully saturated rings. The highest BCUT2D eigenvalue weighted by Crippen LogP contribution is 2.14. The fourth-order valence-electron chi connectivity index (χ4n) is 1.80. The summed E-state index contributed by atoms with van der Waals surface area (Å²) in [5.74, 6) is 0.131. The van der Waals surface area contributed by atoms with E-state index in [2.05, 4.69) is 12.2 Å². The molecule has 0 aromatic heterocycles. The highest BCUT2D eigenvalue weighted by molar-refractivity contribution is 5.78. The Kier molecular flexibility index (Phi) is 9.02. The summed E-state index contributed by atoms with van der Waals surface area (Å²) >= 11 is 0. The van der Waals surface area contributed by atoms with Crippen LogP contribution < -0.4 is 5.32 Å². The average molecular weight is 259 g/mol. The summed E-state index contributed by atoms with van der Waals surface area (Å²) in [7, 11) is 1.60. The van der Waals surface area contributed by atoms with Crippen molar-refractivity contribution in [1.29, 1.82) is 0 Å². The van der Waals surface area contributed by atoms with Crippen molar-refractivity contribution in [3.8, 4) is 0 Å². The lowest BCUT2D eigenvalue weighted by Gasteiger charge is -2.24. The van der Waals surface area contributed by atoms with Crippen molar-refractivity contribution in [2.24, 2.45) is 5.92 Å². The van der Waals surface area contributed by atoms with E-state index in [-0.39, 0.29) is 18.4 Å². The molecule has 0 saturated heterocycles. The third kappa shape index (κ3) is 7.67. The number of carbonyl (C=O) groups is 1. The maximum Gasteiger partial charge on any atom is 0.223 e. The number of unbranched alkanes of at least 4 members (excludes halogenated alkanes) is 1. The van der Waals surface area contributed by atoms with Crippen molar-refractivity contribution in [2.75, 3.05) is 20.3 Å². The zero-order chi connectivity index (χ0) is 14.0. The van der Waals surface area contributed by atoms with Crippen LogP contribution in [0.1, 0.15) is 52.9 Å². The van der Waals surface area contributed by atoms with Gasteiger partial charge in [0.1, 0.15) is 0 Å². The molecule has 108 valence electrons. The lowest BCUT2D eigenvalue weighted by Crippen LogP contribution is -2.43. The molecule has 0 aliphatic carbocycles. The Morgan fingerprint density at radius 3 is 2.61 bits per heavy atom. The molecule has 0 spiro atoms. The van der Waals surface area contributed by atoms with Gasteiger partial charge in [0.2, 0.25) is 5.91 Å². The number of nitrogens with one attached hydrogen (secondary N) is 1. The van der Waals surface area contributed by atoms with Gasteiger partial charge in [-0.05, 0) is 19.8 Å². The largest absolute Gasteiger partial charge is 0.388 e. The van der Waals surface area contributed by atoms with Gasteiger partial charge in [-0.15, -0.1) is 0 Å². The molecule has 18 heavy (non-hydrogen) atoms. The van der Waals surface area contributed by atoms with Crippen LogP contribution in [-0.4, -0.2) is 36.9 Å². The maximum absolute atomic E-state index is 11.9. The predicted octanol–water partition coefficient (Wildman–Crippen LogP) is 2.11. The Balaban J connectivity index is 4.05. The summed E-state index contributed by atoms with van der Waals surface area (Å²) in [6, 6.07) is 0. The van der Waals surface area contributed by atoms with Gasteiger partial charge < -0.3 is 15.2 Å². The van der Waals surface area contributed by atoms with Gasteiger partial charge in [0, 0.05) is 32.6 Å². The molecule has 2 unspecified atom stereocenters. The molecule has 0 aliphatic rings. The van der Waals surface area contributed by atoms with Gasteiger partial charge in [-0.1, -0.05) is 26.7 Å². The highest BCUT2D eigenvalue weighted by atomic mass is 16.5. The van der Waals surface area contributed by atoms with E-state index in [1.54, 1.807) is 14.0 Å². The minimum Gasteiger partial charge on any atom is -0.388 e. The summed E-state index contributed by atoms with van der Waals surface area (Å²) in [6.07, 6.45) is 4.49. The fraction of sp³-hybridized carbons (Fsp3) is 0.929. The molecule has 0 saturated carbocycles. The minimum atomic E-state index is -0.894. The Labute approximate surface area is 111 Å². The maximum atomic E-state index is 11.9. The van der Waals surface area contributed by atoms with Crippen LogP contribution in [0, 0.1) is 5.92 Å². The summed E-state index contributed by atoms with van der Waals surface area (Å²) in [5, 5.41) is 12.9. The summed E-state index contributed by atoms with van der Waals surface area (Å²) in [6.45, 7) is 6.66. The predicted molar refractivity (Wildman–Crippen MR) is 73.4 cm³/mol. The van der Waals surface area contributed by atoms with Crippen molar-refractivity contribution in [2.45, 2.75) is 58.5 Å². The second-order valence-electron chi connectivity index (χ2n) is 5.20. The SMILES string of the molecule is CCCCC(CC)C(=O)NCC(C)(O)CCOC. The molecule has 4 nitrogen and oxygen atoms in total. The van der Waals surface area contributed by atoms with E-state index >= 15 is 0 Å². The molecule has 2 atom stereocenters. The summed E-state index contributed by atoms with van der Waals surface area (Å²) in [5.41, 5.74) is -0.894. The van der Waals surface area contributed by atoms with Crippen LogP contribution in [0.15, 0.2) is 0 Å². The fourth-order valence-corrected chi connectivity index (χ4v) is 1.80. The first-order valence-electron chi connectivity index (χ1n) is 6.95. The molecule has 0 aromatic carbocycles. The van der Waals surface area contributed by atoms with E-state index in [1.165, 1.54) is 0 Å². The molecule has 0 radical (unpaired) electrons. The van der Waals surface area contributed by atoms with E-state index < -0.39 is 5.60 Å². The number of carbonyl (C=O) groups excluding carboxylic acids is 1. The molecule has 1 amide bonds. The van der Waals surface area contributed by atoms with E-state index in [9.17, 15) is 9.90 Å². The number of hydrogen-bond acceptors (Lipinski definition) is 3. The lowest BCUT2D eigenvalue weighted by molar-refractivity contribution is -0.126. The number of methoxy groups -OCH3 is 1. The molecule has 0 rings (SSSR count). The van der Waals surface area contributed by atoms with Gasteiger partial charge >= 0.3 is 0 Å². The first kappa shape index (κ1) is 17.4. The molecular formula is C14H29NO3. The third-order valence-electron chi connectivity index (χ3n) is 3.26. The van der Waals surface area contributed by atoms with Gasteiger partial charge in [0.15, 0.2) is 0 Å². The topological polar surface area (TPSA) is 58.6 Å². The molecular weight excluding hydrogens is 230 g/mol. The van der Waals surface area contributed by atoms with Crippen molar-refractivity contribution >= 4 is 5.91 Å². The van der Waals surface area contributed by atoms with Crippen LogP contribution in [0.25, 0.3) is 0 Å². The van der Waals surface area contributed by atoms with Gasteiger partial charge in [0.05, 0.1) is 5.60 Å². The number of hydrogen-bond donors (Lipinski definition) is 2. The Morgan fingerprint density at radius 1 is 1.44 bits per heavy atom. The molecule has 0 aliphatic heterocycles. The van der Waals surface area contributed by atoms with Crippen molar-refractivity contribution in [3.63, 3.8) is 0 Å². The van der Waals surface area contributed by atoms with Crippen LogP contribution in [0.5, 0.6) is 0 Å². The molecule has 2 N–H and O–H groups in total. The van der Waals surface area contributed by atoms with E-state index in [1.807, 2.05) is 6.92 Å². The lowest BCUT2D eigenvalue weighted by atomic mass is 9.97. The highest BCUT2D eigenvalue weighted by Gasteiger charge is 2.23. The first-order chi connectivity index (χ1) is 8.46. The van der Waals surface area contributed by atoms with E-state index in [0.717, 1.165) is 25.7 Å². The number of ether oxygens (including phenoxy) is 1. The second kappa shape index (κ2) is 9.34. The molecule has 4 heteroatoms. The Hall–Kier alpha value is -0.610. The normalized spacial score (nSPS) is 16.1. The van der Waals surface area contributed by atoms with Crippen molar-refractivity contribution < 1.29 is 14.6 Å². The van der Waals surface area contributed by atoms with Crippen LogP contribution >= 0.6 is 0 Å². The van der Waals surface area contributed by atoms with Crippen LogP contribution in [0.2, 0.25) is 0 Å².